The van der Waals surface area contributed by atoms with Gasteiger partial charge in [0.05, 0.1) is 19.8 Å². The number of rotatable bonds is 7. The van der Waals surface area contributed by atoms with E-state index in [9.17, 15) is 0 Å². The van der Waals surface area contributed by atoms with Gasteiger partial charge in [0.25, 0.3) is 0 Å². The Hall–Kier alpha value is -0.900. The molecule has 1 aromatic carbocycles. The Balaban J connectivity index is 1.64. The van der Waals surface area contributed by atoms with Gasteiger partial charge in [-0.05, 0) is 36.8 Å². The summed E-state index contributed by atoms with van der Waals surface area (Å²) in [5.41, 5.74) is 3.05. The third kappa shape index (κ3) is 2.99. The number of aliphatic hydroxyl groups is 1. The van der Waals surface area contributed by atoms with Gasteiger partial charge in [-0.25, -0.2) is 0 Å². The van der Waals surface area contributed by atoms with E-state index in [-0.39, 0.29) is 6.61 Å². The number of nitrogens with zero attached hydrogens (tertiary/aromatic N) is 1. The molecule has 2 aliphatic rings. The summed E-state index contributed by atoms with van der Waals surface area (Å²) in [6.07, 6.45) is 5.12. The van der Waals surface area contributed by atoms with Crippen LogP contribution in [0.4, 0.5) is 0 Å². The van der Waals surface area contributed by atoms with E-state index in [0.717, 1.165) is 19.2 Å². The van der Waals surface area contributed by atoms with Crippen molar-refractivity contribution >= 4 is 0 Å². The molecule has 0 aliphatic heterocycles. The van der Waals surface area contributed by atoms with Crippen LogP contribution in [-0.2, 0) is 11.2 Å². The minimum absolute atomic E-state index is 0.121. The van der Waals surface area contributed by atoms with Crippen LogP contribution in [0, 0.1) is 0 Å². The standard InChI is InChI=1S/C16H23NO2/c18-10-12-19-11-9-17(14-6-7-14)16-8-5-13-3-1-2-4-15(13)16/h1-4,14,16,18H,5-12H2. The van der Waals surface area contributed by atoms with E-state index in [1.165, 1.54) is 36.8 Å². The Morgan fingerprint density at radius 3 is 2.79 bits per heavy atom. The first kappa shape index (κ1) is 13.1. The highest BCUT2D eigenvalue weighted by atomic mass is 16.5. The van der Waals surface area contributed by atoms with Crippen LogP contribution >= 0.6 is 0 Å². The van der Waals surface area contributed by atoms with Crippen molar-refractivity contribution in [2.75, 3.05) is 26.4 Å². The molecule has 2 aliphatic carbocycles. The number of hydrogen-bond donors (Lipinski definition) is 1. The lowest BCUT2D eigenvalue weighted by atomic mass is 10.1. The molecule has 0 heterocycles. The number of hydrogen-bond acceptors (Lipinski definition) is 3. The number of aryl methyl sites for hydroxylation is 1. The van der Waals surface area contributed by atoms with Gasteiger partial charge >= 0.3 is 0 Å². The molecule has 0 amide bonds. The molecule has 3 rings (SSSR count). The predicted molar refractivity (Wildman–Crippen MR) is 75.1 cm³/mol. The van der Waals surface area contributed by atoms with Crippen molar-refractivity contribution in [3.63, 3.8) is 0 Å². The molecule has 3 heteroatoms. The van der Waals surface area contributed by atoms with Crippen LogP contribution in [0.2, 0.25) is 0 Å². The smallest absolute Gasteiger partial charge is 0.0698 e. The van der Waals surface area contributed by atoms with Crippen LogP contribution in [0.5, 0.6) is 0 Å². The van der Waals surface area contributed by atoms with Crippen LogP contribution in [0.15, 0.2) is 24.3 Å². The minimum Gasteiger partial charge on any atom is -0.394 e. The van der Waals surface area contributed by atoms with Crippen LogP contribution in [0.25, 0.3) is 0 Å². The highest BCUT2D eigenvalue weighted by Gasteiger charge is 2.36. The number of benzene rings is 1. The highest BCUT2D eigenvalue weighted by Crippen LogP contribution is 2.41. The fourth-order valence-corrected chi connectivity index (χ4v) is 3.21. The van der Waals surface area contributed by atoms with Gasteiger partial charge in [-0.2, -0.15) is 0 Å². The van der Waals surface area contributed by atoms with E-state index in [1.54, 1.807) is 0 Å². The average molecular weight is 261 g/mol. The molecular weight excluding hydrogens is 238 g/mol. The first-order valence-electron chi connectivity index (χ1n) is 7.42. The molecule has 1 atom stereocenters. The second-order valence-corrected chi connectivity index (χ2v) is 5.56. The second-order valence-electron chi connectivity index (χ2n) is 5.56. The Kier molecular flexibility index (Phi) is 4.16. The molecule has 19 heavy (non-hydrogen) atoms. The zero-order valence-corrected chi connectivity index (χ0v) is 11.4. The molecule has 3 nitrogen and oxygen atoms in total. The zero-order valence-electron chi connectivity index (χ0n) is 11.4. The van der Waals surface area contributed by atoms with Gasteiger partial charge in [0, 0.05) is 18.6 Å². The van der Waals surface area contributed by atoms with Crippen molar-refractivity contribution in [2.24, 2.45) is 0 Å². The molecule has 0 spiro atoms. The van der Waals surface area contributed by atoms with Crippen LogP contribution < -0.4 is 0 Å². The zero-order chi connectivity index (χ0) is 13.1. The summed E-state index contributed by atoms with van der Waals surface area (Å²) in [4.78, 5) is 2.63. The maximum atomic E-state index is 8.76. The fraction of sp³-hybridized carbons (Fsp3) is 0.625. The monoisotopic (exact) mass is 261 g/mol. The minimum atomic E-state index is 0.121. The molecular formula is C16H23NO2. The van der Waals surface area contributed by atoms with Crippen molar-refractivity contribution in [3.05, 3.63) is 35.4 Å². The van der Waals surface area contributed by atoms with E-state index < -0.39 is 0 Å². The summed E-state index contributed by atoms with van der Waals surface area (Å²) >= 11 is 0. The Labute approximate surface area is 115 Å². The summed E-state index contributed by atoms with van der Waals surface area (Å²) in [7, 11) is 0. The third-order valence-electron chi connectivity index (χ3n) is 4.25. The van der Waals surface area contributed by atoms with Gasteiger partial charge in [0.1, 0.15) is 0 Å². The maximum Gasteiger partial charge on any atom is 0.0698 e. The van der Waals surface area contributed by atoms with Crippen molar-refractivity contribution < 1.29 is 9.84 Å². The predicted octanol–water partition coefficient (Wildman–Crippen LogP) is 2.15. The second kappa shape index (κ2) is 6.04. The lowest BCUT2D eigenvalue weighted by Gasteiger charge is -2.29. The lowest BCUT2D eigenvalue weighted by Crippen LogP contribution is -2.33. The molecule has 0 saturated heterocycles. The largest absolute Gasteiger partial charge is 0.394 e. The lowest BCUT2D eigenvalue weighted by molar-refractivity contribution is 0.0600. The van der Waals surface area contributed by atoms with E-state index in [4.69, 9.17) is 9.84 Å². The van der Waals surface area contributed by atoms with Gasteiger partial charge in [-0.1, -0.05) is 24.3 Å². The summed E-state index contributed by atoms with van der Waals surface area (Å²) < 4.78 is 5.45. The normalized spacial score (nSPS) is 21.9. The quantitative estimate of drug-likeness (QED) is 0.763. The molecule has 0 aromatic heterocycles. The fourth-order valence-electron chi connectivity index (χ4n) is 3.21. The first-order chi connectivity index (χ1) is 9.40. The van der Waals surface area contributed by atoms with Crippen LogP contribution in [-0.4, -0.2) is 42.4 Å². The van der Waals surface area contributed by atoms with Crippen molar-refractivity contribution in [2.45, 2.75) is 37.8 Å². The molecule has 0 bridgehead atoms. The SMILES string of the molecule is OCCOCCN(C1CC1)C1CCc2ccccc21. The van der Waals surface area contributed by atoms with Gasteiger partial charge in [0.2, 0.25) is 0 Å². The van der Waals surface area contributed by atoms with Crippen LogP contribution in [0.3, 0.4) is 0 Å². The van der Waals surface area contributed by atoms with Crippen molar-refractivity contribution in [3.8, 4) is 0 Å². The van der Waals surface area contributed by atoms with E-state index in [1.807, 2.05) is 0 Å². The third-order valence-corrected chi connectivity index (χ3v) is 4.25. The van der Waals surface area contributed by atoms with Crippen molar-refractivity contribution in [1.82, 2.24) is 4.90 Å². The van der Waals surface area contributed by atoms with Gasteiger partial charge in [-0.3, -0.25) is 4.90 Å². The highest BCUT2D eigenvalue weighted by molar-refractivity contribution is 5.34. The molecule has 1 fully saturated rings. The average Bonchev–Trinajstić information content (AvgIpc) is 3.19. The summed E-state index contributed by atoms with van der Waals surface area (Å²) in [5, 5.41) is 8.76. The Morgan fingerprint density at radius 1 is 1.16 bits per heavy atom. The molecule has 1 unspecified atom stereocenters. The molecule has 0 radical (unpaired) electrons. The van der Waals surface area contributed by atoms with E-state index in [0.29, 0.717) is 12.6 Å². The van der Waals surface area contributed by atoms with E-state index in [2.05, 4.69) is 29.2 Å². The van der Waals surface area contributed by atoms with E-state index >= 15 is 0 Å². The molecule has 1 saturated carbocycles. The topological polar surface area (TPSA) is 32.7 Å². The summed E-state index contributed by atoms with van der Waals surface area (Å²) in [6.45, 7) is 2.30. The summed E-state index contributed by atoms with van der Waals surface area (Å²) in [5.74, 6) is 0. The molecule has 1 aromatic rings. The maximum absolute atomic E-state index is 8.76. The Bertz CT molecular complexity index is 417. The van der Waals surface area contributed by atoms with Crippen molar-refractivity contribution in [1.29, 1.82) is 0 Å². The number of aliphatic hydroxyl groups excluding tert-OH is 1. The van der Waals surface area contributed by atoms with Crippen LogP contribution in [0.1, 0.15) is 36.4 Å². The molecule has 104 valence electrons. The number of ether oxygens (including phenoxy) is 1. The molecule has 1 N–H and O–H groups in total. The summed E-state index contributed by atoms with van der Waals surface area (Å²) in [6, 6.07) is 10.2. The Morgan fingerprint density at radius 2 is 2.00 bits per heavy atom. The van der Waals surface area contributed by atoms with Gasteiger partial charge < -0.3 is 9.84 Å². The first-order valence-corrected chi connectivity index (χ1v) is 7.42. The van der Waals surface area contributed by atoms with Gasteiger partial charge in [-0.15, -0.1) is 0 Å². The number of fused-ring (bicyclic) bond motifs is 1. The van der Waals surface area contributed by atoms with Gasteiger partial charge in [0.15, 0.2) is 0 Å².